The van der Waals surface area contributed by atoms with Crippen molar-refractivity contribution in [2.75, 3.05) is 24.3 Å². The smallest absolute Gasteiger partial charge is 0.287 e. The van der Waals surface area contributed by atoms with Gasteiger partial charge in [0.25, 0.3) is 5.56 Å². The van der Waals surface area contributed by atoms with Crippen LogP contribution in [-0.4, -0.2) is 28.8 Å². The highest BCUT2D eigenvalue weighted by molar-refractivity contribution is 5.90. The number of hydrogen-bond donors (Lipinski definition) is 1. The second-order valence-electron chi connectivity index (χ2n) is 7.52. The first-order valence-corrected chi connectivity index (χ1v) is 10.1. The van der Waals surface area contributed by atoms with Crippen molar-refractivity contribution in [1.82, 2.24) is 14.7 Å². The highest BCUT2D eigenvalue weighted by Gasteiger charge is 2.14. The van der Waals surface area contributed by atoms with Crippen LogP contribution in [0.25, 0.3) is 11.0 Å². The summed E-state index contributed by atoms with van der Waals surface area (Å²) in [5, 5.41) is 4.14. The SMILES string of the molecule is Cc1ncnc2c1c(NCc1ccc(N(C)C)cc1)cc(=O)n2OCc1ccccc1. The first-order valence-electron chi connectivity index (χ1n) is 10.1. The summed E-state index contributed by atoms with van der Waals surface area (Å²) in [6.07, 6.45) is 1.45. The Kier molecular flexibility index (Phi) is 5.84. The summed E-state index contributed by atoms with van der Waals surface area (Å²) in [5.41, 5.74) is 4.83. The van der Waals surface area contributed by atoms with Gasteiger partial charge in [0.15, 0.2) is 5.65 Å². The molecule has 0 atom stereocenters. The van der Waals surface area contributed by atoms with Gasteiger partial charge in [-0.25, -0.2) is 9.97 Å². The van der Waals surface area contributed by atoms with E-state index in [4.69, 9.17) is 4.84 Å². The Morgan fingerprint density at radius 2 is 1.74 bits per heavy atom. The van der Waals surface area contributed by atoms with Crippen LogP contribution in [0.15, 0.2) is 71.8 Å². The lowest BCUT2D eigenvalue weighted by molar-refractivity contribution is 0.0979. The van der Waals surface area contributed by atoms with Crippen LogP contribution in [0, 0.1) is 6.92 Å². The molecule has 2 aromatic carbocycles. The molecule has 4 aromatic rings. The molecular formula is C24H25N5O2. The van der Waals surface area contributed by atoms with E-state index in [1.54, 1.807) is 0 Å². The van der Waals surface area contributed by atoms with E-state index in [1.807, 2.05) is 51.4 Å². The predicted octanol–water partition coefficient (Wildman–Crippen LogP) is 3.41. The van der Waals surface area contributed by atoms with Crippen LogP contribution in [0.3, 0.4) is 0 Å². The standard InChI is InChI=1S/C24H25N5O2/c1-17-23-21(25-14-18-9-11-20(12-10-18)28(2)3)13-22(30)29(24(23)27-16-26-17)31-15-19-7-5-4-6-8-19/h4-13,16,25H,14-15H2,1-3H3. The fourth-order valence-corrected chi connectivity index (χ4v) is 3.38. The molecule has 0 unspecified atom stereocenters. The molecule has 7 heteroatoms. The molecule has 2 aromatic heterocycles. The fraction of sp³-hybridized carbons (Fsp3) is 0.208. The number of rotatable bonds is 7. The molecule has 1 N–H and O–H groups in total. The van der Waals surface area contributed by atoms with Crippen LogP contribution in [0.5, 0.6) is 0 Å². The molecular weight excluding hydrogens is 390 g/mol. The van der Waals surface area contributed by atoms with Crippen molar-refractivity contribution in [2.45, 2.75) is 20.1 Å². The molecule has 0 radical (unpaired) electrons. The largest absolute Gasteiger partial charge is 0.404 e. The van der Waals surface area contributed by atoms with Gasteiger partial charge in [-0.15, -0.1) is 4.73 Å². The second kappa shape index (κ2) is 8.87. The average molecular weight is 415 g/mol. The molecule has 0 aliphatic carbocycles. The van der Waals surface area contributed by atoms with E-state index in [1.165, 1.54) is 17.1 Å². The maximum Gasteiger partial charge on any atom is 0.287 e. The zero-order chi connectivity index (χ0) is 21.8. The van der Waals surface area contributed by atoms with Crippen LogP contribution in [0.1, 0.15) is 16.8 Å². The lowest BCUT2D eigenvalue weighted by atomic mass is 10.1. The molecule has 0 aliphatic heterocycles. The maximum atomic E-state index is 12.8. The summed E-state index contributed by atoms with van der Waals surface area (Å²) >= 11 is 0. The highest BCUT2D eigenvalue weighted by Crippen LogP contribution is 2.23. The third-order valence-electron chi connectivity index (χ3n) is 5.09. The Morgan fingerprint density at radius 1 is 1.00 bits per heavy atom. The van der Waals surface area contributed by atoms with Crippen molar-refractivity contribution in [3.05, 3.63) is 94.2 Å². The van der Waals surface area contributed by atoms with Crippen LogP contribution < -0.4 is 20.6 Å². The van der Waals surface area contributed by atoms with Crippen molar-refractivity contribution in [3.8, 4) is 0 Å². The lowest BCUT2D eigenvalue weighted by Crippen LogP contribution is -2.28. The van der Waals surface area contributed by atoms with Crippen LogP contribution in [0.4, 0.5) is 11.4 Å². The van der Waals surface area contributed by atoms with Gasteiger partial charge in [-0.3, -0.25) is 4.79 Å². The number of hydrogen-bond acceptors (Lipinski definition) is 6. The summed E-state index contributed by atoms with van der Waals surface area (Å²) < 4.78 is 1.24. The van der Waals surface area contributed by atoms with E-state index in [9.17, 15) is 4.79 Å². The second-order valence-corrected chi connectivity index (χ2v) is 7.52. The van der Waals surface area contributed by atoms with E-state index in [-0.39, 0.29) is 12.2 Å². The summed E-state index contributed by atoms with van der Waals surface area (Å²) in [4.78, 5) is 29.4. The van der Waals surface area contributed by atoms with Crippen molar-refractivity contribution >= 4 is 22.4 Å². The Balaban J connectivity index is 1.63. The molecule has 0 saturated carbocycles. The van der Waals surface area contributed by atoms with Crippen molar-refractivity contribution in [1.29, 1.82) is 0 Å². The first-order chi connectivity index (χ1) is 15.0. The fourth-order valence-electron chi connectivity index (χ4n) is 3.38. The molecule has 4 rings (SSSR count). The Morgan fingerprint density at radius 3 is 2.45 bits per heavy atom. The monoisotopic (exact) mass is 415 g/mol. The number of aromatic nitrogens is 3. The van der Waals surface area contributed by atoms with Crippen LogP contribution >= 0.6 is 0 Å². The van der Waals surface area contributed by atoms with Crippen molar-refractivity contribution in [2.24, 2.45) is 0 Å². The molecule has 0 saturated heterocycles. The van der Waals surface area contributed by atoms with Gasteiger partial charge in [0, 0.05) is 32.4 Å². The third-order valence-corrected chi connectivity index (χ3v) is 5.09. The molecule has 0 bridgehead atoms. The van der Waals surface area contributed by atoms with E-state index in [0.717, 1.165) is 27.9 Å². The minimum atomic E-state index is -0.285. The molecule has 0 spiro atoms. The van der Waals surface area contributed by atoms with Gasteiger partial charge in [-0.2, -0.15) is 0 Å². The Labute approximate surface area is 180 Å². The quantitative estimate of drug-likeness (QED) is 0.499. The van der Waals surface area contributed by atoms with Gasteiger partial charge in [0.1, 0.15) is 12.9 Å². The molecule has 0 fully saturated rings. The number of fused-ring (bicyclic) bond motifs is 1. The first kappa shape index (κ1) is 20.4. The zero-order valence-corrected chi connectivity index (χ0v) is 17.9. The topological polar surface area (TPSA) is 72.3 Å². The lowest BCUT2D eigenvalue weighted by Gasteiger charge is -2.16. The minimum absolute atomic E-state index is 0.268. The number of pyridine rings is 1. The van der Waals surface area contributed by atoms with Gasteiger partial charge >= 0.3 is 0 Å². The van der Waals surface area contributed by atoms with Gasteiger partial charge < -0.3 is 15.1 Å². The number of nitrogens with zero attached hydrogens (tertiary/aromatic N) is 4. The van der Waals surface area contributed by atoms with Crippen molar-refractivity contribution < 1.29 is 4.84 Å². The highest BCUT2D eigenvalue weighted by atomic mass is 16.7. The molecule has 2 heterocycles. The van der Waals surface area contributed by atoms with Crippen LogP contribution in [-0.2, 0) is 13.2 Å². The molecule has 31 heavy (non-hydrogen) atoms. The third kappa shape index (κ3) is 4.50. The summed E-state index contributed by atoms with van der Waals surface area (Å²) in [7, 11) is 4.02. The van der Waals surface area contributed by atoms with Gasteiger partial charge in [0.2, 0.25) is 0 Å². The predicted molar refractivity (Wildman–Crippen MR) is 123 cm³/mol. The normalized spacial score (nSPS) is 10.8. The Hall–Kier alpha value is -3.87. The van der Waals surface area contributed by atoms with E-state index < -0.39 is 0 Å². The summed E-state index contributed by atoms with van der Waals surface area (Å²) in [6, 6.07) is 19.5. The molecule has 158 valence electrons. The molecule has 0 aliphatic rings. The van der Waals surface area contributed by atoms with Crippen molar-refractivity contribution in [3.63, 3.8) is 0 Å². The summed E-state index contributed by atoms with van der Waals surface area (Å²) in [5.74, 6) is 0. The van der Waals surface area contributed by atoms with Gasteiger partial charge in [-0.05, 0) is 30.2 Å². The Bertz CT molecular complexity index is 1230. The average Bonchev–Trinajstić information content (AvgIpc) is 2.78. The van der Waals surface area contributed by atoms with E-state index in [2.05, 4.69) is 44.5 Å². The van der Waals surface area contributed by atoms with Gasteiger partial charge in [0.05, 0.1) is 16.8 Å². The number of nitrogens with one attached hydrogen (secondary N) is 1. The van der Waals surface area contributed by atoms with E-state index >= 15 is 0 Å². The number of anilines is 2. The summed E-state index contributed by atoms with van der Waals surface area (Å²) in [6.45, 7) is 2.74. The number of benzene rings is 2. The van der Waals surface area contributed by atoms with E-state index in [0.29, 0.717) is 17.9 Å². The molecule has 0 amide bonds. The molecule has 7 nitrogen and oxygen atoms in total. The van der Waals surface area contributed by atoms with Crippen LogP contribution in [0.2, 0.25) is 0 Å². The van der Waals surface area contributed by atoms with Gasteiger partial charge in [-0.1, -0.05) is 42.5 Å². The zero-order valence-electron chi connectivity index (χ0n) is 17.9. The number of aryl methyl sites for hydroxylation is 1. The minimum Gasteiger partial charge on any atom is -0.404 e. The maximum absolute atomic E-state index is 12.8.